The maximum Gasteiger partial charge on any atom is 0.508 e. The molecule has 0 saturated carbocycles. The molecule has 10 heteroatoms. The van der Waals surface area contributed by atoms with Crippen LogP contribution < -0.4 is 15.2 Å². The van der Waals surface area contributed by atoms with Gasteiger partial charge in [0.15, 0.2) is 11.5 Å². The van der Waals surface area contributed by atoms with Gasteiger partial charge in [0.2, 0.25) is 0 Å². The summed E-state index contributed by atoms with van der Waals surface area (Å²) in [6.07, 6.45) is -0.0737. The molecule has 0 aliphatic carbocycles. The summed E-state index contributed by atoms with van der Waals surface area (Å²) in [7, 11) is 0. The second kappa shape index (κ2) is 14.9. The van der Waals surface area contributed by atoms with E-state index in [4.69, 9.17) is 29.4 Å². The van der Waals surface area contributed by atoms with Gasteiger partial charge in [0.25, 0.3) is 0 Å². The van der Waals surface area contributed by atoms with Gasteiger partial charge < -0.3 is 29.4 Å². The lowest BCUT2D eigenvalue weighted by molar-refractivity contribution is -0.152. The summed E-state index contributed by atoms with van der Waals surface area (Å²) in [4.78, 5) is 49.7. The molecule has 3 atom stereocenters. The van der Waals surface area contributed by atoms with Gasteiger partial charge in [-0.2, -0.15) is 0 Å². The minimum absolute atomic E-state index is 0.0544. The van der Waals surface area contributed by atoms with E-state index in [0.717, 1.165) is 0 Å². The van der Waals surface area contributed by atoms with Crippen molar-refractivity contribution in [2.75, 3.05) is 6.61 Å². The molecule has 0 aliphatic heterocycles. The number of esters is 3. The molecule has 2 N–H and O–H groups in total. The molecule has 0 aromatic heterocycles. The minimum atomic E-state index is -1.05. The van der Waals surface area contributed by atoms with Gasteiger partial charge in [-0.3, -0.25) is 14.4 Å². The lowest BCUT2D eigenvalue weighted by Gasteiger charge is -2.23. The van der Waals surface area contributed by atoms with Crippen LogP contribution in [0.25, 0.3) is 0 Å². The zero-order valence-corrected chi connectivity index (χ0v) is 24.8. The van der Waals surface area contributed by atoms with Crippen LogP contribution in [-0.4, -0.2) is 48.9 Å². The van der Waals surface area contributed by atoms with Crippen LogP contribution in [0.3, 0.4) is 0 Å². The van der Waals surface area contributed by atoms with Crippen LogP contribution in [0.2, 0.25) is 0 Å². The van der Waals surface area contributed by atoms with Crippen LogP contribution in [0.15, 0.2) is 18.2 Å². The molecule has 0 bridgehead atoms. The third kappa shape index (κ3) is 10.9. The van der Waals surface area contributed by atoms with E-state index in [2.05, 4.69) is 0 Å². The molecule has 0 saturated heterocycles. The van der Waals surface area contributed by atoms with Crippen molar-refractivity contribution in [3.8, 4) is 11.5 Å². The molecule has 1 unspecified atom stereocenters. The number of nitrogens with two attached hydrogens (primary N) is 1. The standard InChI is InChI=1S/C29H45NO9/c1-10-18(4)37-27(34)35-17-19(5)36-24(31)21(30)15-20-13-14-22(38-25(32)28(6,7)11-2)23(16-20)39-26(33)29(8,9)12-3/h13-14,16,18-19,21H,10-12,15,17,30H2,1-9H3/t18?,19-,21-/m0/s1. The average molecular weight is 552 g/mol. The summed E-state index contributed by atoms with van der Waals surface area (Å²) in [5.41, 5.74) is 5.14. The fourth-order valence-corrected chi connectivity index (χ4v) is 2.73. The van der Waals surface area contributed by atoms with Crippen molar-refractivity contribution in [1.29, 1.82) is 0 Å². The van der Waals surface area contributed by atoms with Gasteiger partial charge in [0.05, 0.1) is 10.8 Å². The molecule has 0 radical (unpaired) electrons. The lowest BCUT2D eigenvalue weighted by Crippen LogP contribution is -2.37. The Balaban J connectivity index is 2.98. The fraction of sp³-hybridized carbons (Fsp3) is 0.655. The number of benzene rings is 1. The van der Waals surface area contributed by atoms with Gasteiger partial charge in [0, 0.05) is 0 Å². The Morgan fingerprint density at radius 2 is 1.36 bits per heavy atom. The van der Waals surface area contributed by atoms with Gasteiger partial charge in [-0.1, -0.05) is 26.8 Å². The highest BCUT2D eigenvalue weighted by Crippen LogP contribution is 2.34. The Kier molecular flexibility index (Phi) is 12.9. The maximum absolute atomic E-state index is 12.8. The first kappa shape index (κ1) is 33.9. The maximum atomic E-state index is 12.8. The summed E-state index contributed by atoms with van der Waals surface area (Å²) in [6, 6.07) is 3.62. The highest BCUT2D eigenvalue weighted by Gasteiger charge is 2.31. The number of carbonyl (C=O) groups is 4. The number of hydrogen-bond acceptors (Lipinski definition) is 10. The zero-order valence-electron chi connectivity index (χ0n) is 24.8. The van der Waals surface area contributed by atoms with E-state index in [0.29, 0.717) is 24.8 Å². The molecule has 220 valence electrons. The molecule has 1 rings (SSSR count). The van der Waals surface area contributed by atoms with Crippen LogP contribution in [0.1, 0.15) is 87.1 Å². The van der Waals surface area contributed by atoms with Crippen molar-refractivity contribution in [2.24, 2.45) is 16.6 Å². The van der Waals surface area contributed by atoms with Crippen molar-refractivity contribution in [3.63, 3.8) is 0 Å². The minimum Gasteiger partial charge on any atom is -0.458 e. The zero-order chi connectivity index (χ0) is 30.0. The van der Waals surface area contributed by atoms with Crippen molar-refractivity contribution >= 4 is 24.1 Å². The normalized spacial score (nSPS) is 14.0. The van der Waals surface area contributed by atoms with Crippen LogP contribution in [0, 0.1) is 10.8 Å². The van der Waals surface area contributed by atoms with Gasteiger partial charge in [0.1, 0.15) is 24.9 Å². The number of carbonyl (C=O) groups excluding carboxylic acids is 4. The van der Waals surface area contributed by atoms with E-state index in [-0.39, 0.29) is 30.6 Å². The summed E-state index contributed by atoms with van der Waals surface area (Å²) < 4.78 is 26.5. The molecular formula is C29H45NO9. The first-order chi connectivity index (χ1) is 18.1. The molecule has 39 heavy (non-hydrogen) atoms. The number of ether oxygens (including phenoxy) is 5. The van der Waals surface area contributed by atoms with E-state index >= 15 is 0 Å². The molecule has 0 aliphatic rings. The topological polar surface area (TPSA) is 140 Å². The van der Waals surface area contributed by atoms with Crippen LogP contribution in [0.5, 0.6) is 11.5 Å². The SMILES string of the molecule is CCC(C)OC(=O)OC[C@H](C)OC(=O)[C@@H](N)Cc1ccc(OC(=O)C(C)(C)CC)c(OC(=O)C(C)(C)CC)c1. The molecule has 1 aromatic rings. The molecule has 0 spiro atoms. The highest BCUT2D eigenvalue weighted by atomic mass is 16.7. The van der Waals surface area contributed by atoms with Crippen LogP contribution >= 0.6 is 0 Å². The van der Waals surface area contributed by atoms with Crippen LogP contribution in [0.4, 0.5) is 4.79 Å². The molecule has 0 fully saturated rings. The van der Waals surface area contributed by atoms with E-state index in [1.807, 2.05) is 20.8 Å². The molecule has 0 heterocycles. The molecule has 10 nitrogen and oxygen atoms in total. The first-order valence-electron chi connectivity index (χ1n) is 13.4. The fourth-order valence-electron chi connectivity index (χ4n) is 2.73. The third-order valence-electron chi connectivity index (χ3n) is 6.67. The van der Waals surface area contributed by atoms with Crippen molar-refractivity contribution in [3.05, 3.63) is 23.8 Å². The van der Waals surface area contributed by atoms with Crippen molar-refractivity contribution in [1.82, 2.24) is 0 Å². The molecule has 1 aromatic carbocycles. The smallest absolute Gasteiger partial charge is 0.458 e. The van der Waals surface area contributed by atoms with Gasteiger partial charge in [-0.15, -0.1) is 0 Å². The van der Waals surface area contributed by atoms with Gasteiger partial charge in [-0.25, -0.2) is 4.79 Å². The van der Waals surface area contributed by atoms with E-state index in [1.165, 1.54) is 12.1 Å². The summed E-state index contributed by atoms with van der Waals surface area (Å²) >= 11 is 0. The Labute approximate surface area is 231 Å². The molecule has 0 amide bonds. The average Bonchev–Trinajstić information content (AvgIpc) is 2.88. The number of hydrogen-bond donors (Lipinski definition) is 1. The summed E-state index contributed by atoms with van der Waals surface area (Å²) in [5.74, 6) is -1.50. The second-order valence-electron chi connectivity index (χ2n) is 11.0. The quantitative estimate of drug-likeness (QED) is 0.244. The monoisotopic (exact) mass is 551 g/mol. The van der Waals surface area contributed by atoms with Crippen molar-refractivity contribution < 1.29 is 42.9 Å². The Morgan fingerprint density at radius 3 is 1.87 bits per heavy atom. The largest absolute Gasteiger partial charge is 0.508 e. The Hall–Kier alpha value is -3.14. The van der Waals surface area contributed by atoms with E-state index < -0.39 is 47.0 Å². The lowest BCUT2D eigenvalue weighted by atomic mass is 9.90. The second-order valence-corrected chi connectivity index (χ2v) is 11.0. The Bertz CT molecular complexity index is 1000. The van der Waals surface area contributed by atoms with E-state index in [9.17, 15) is 19.2 Å². The predicted molar refractivity (Wildman–Crippen MR) is 145 cm³/mol. The van der Waals surface area contributed by atoms with Crippen LogP contribution in [-0.2, 0) is 35.0 Å². The molecular weight excluding hydrogens is 506 g/mol. The van der Waals surface area contributed by atoms with Crippen molar-refractivity contribution in [2.45, 2.75) is 106 Å². The summed E-state index contributed by atoms with van der Waals surface area (Å²) in [5, 5.41) is 0. The Morgan fingerprint density at radius 1 is 0.821 bits per heavy atom. The third-order valence-corrected chi connectivity index (χ3v) is 6.67. The highest BCUT2D eigenvalue weighted by molar-refractivity contribution is 5.81. The predicted octanol–water partition coefficient (Wildman–Crippen LogP) is 5.12. The number of rotatable bonds is 14. The van der Waals surface area contributed by atoms with Gasteiger partial charge in [-0.05, 0) is 84.9 Å². The van der Waals surface area contributed by atoms with E-state index in [1.54, 1.807) is 47.6 Å². The summed E-state index contributed by atoms with van der Waals surface area (Å²) in [6.45, 7) is 15.8. The van der Waals surface area contributed by atoms with Gasteiger partial charge >= 0.3 is 24.1 Å². The first-order valence-corrected chi connectivity index (χ1v) is 13.4.